The first-order valence-electron chi connectivity index (χ1n) is 10.6. The lowest BCUT2D eigenvalue weighted by molar-refractivity contribution is 0.139. The van der Waals surface area contributed by atoms with Gasteiger partial charge in [-0.15, -0.1) is 0 Å². The van der Waals surface area contributed by atoms with Crippen LogP contribution in [0.2, 0.25) is 0 Å². The van der Waals surface area contributed by atoms with Crippen molar-refractivity contribution in [3.05, 3.63) is 24.2 Å². The van der Waals surface area contributed by atoms with Gasteiger partial charge >= 0.3 is 0 Å². The standard InChI is InChI=1S/C21H37N5O/c1-17-8-6-12-26(16-17)18(2)14-23-21(22-3)24-15-19(20-9-7-13-27-20)25-10-4-5-11-25/h7,9,13,17-19H,4-6,8,10-12,14-16H2,1-3H3,(H2,22,23,24). The molecule has 0 aromatic carbocycles. The largest absolute Gasteiger partial charge is 0.468 e. The van der Waals surface area contributed by atoms with Crippen LogP contribution in [0.25, 0.3) is 0 Å². The average Bonchev–Trinajstić information content (AvgIpc) is 3.38. The fourth-order valence-electron chi connectivity index (χ4n) is 4.36. The van der Waals surface area contributed by atoms with Crippen LogP contribution in [-0.4, -0.2) is 68.1 Å². The van der Waals surface area contributed by atoms with E-state index in [2.05, 4.69) is 45.3 Å². The van der Waals surface area contributed by atoms with Crippen molar-refractivity contribution in [3.63, 3.8) is 0 Å². The van der Waals surface area contributed by atoms with E-state index >= 15 is 0 Å². The Hall–Kier alpha value is -1.53. The molecule has 2 aliphatic rings. The SMILES string of the molecule is CN=C(NCC(C)N1CCCC(C)C1)NCC(c1ccco1)N1CCCC1. The van der Waals surface area contributed by atoms with Crippen LogP contribution in [0.1, 0.15) is 51.3 Å². The molecule has 0 spiro atoms. The number of nitrogens with one attached hydrogen (secondary N) is 2. The van der Waals surface area contributed by atoms with Crippen LogP contribution in [0.15, 0.2) is 27.8 Å². The van der Waals surface area contributed by atoms with E-state index < -0.39 is 0 Å². The normalized spacial score (nSPS) is 24.7. The molecule has 2 fully saturated rings. The highest BCUT2D eigenvalue weighted by Crippen LogP contribution is 2.24. The first-order chi connectivity index (χ1) is 13.2. The number of hydrogen-bond acceptors (Lipinski definition) is 4. The second-order valence-corrected chi connectivity index (χ2v) is 8.20. The Kier molecular flexibility index (Phi) is 7.59. The van der Waals surface area contributed by atoms with E-state index in [1.807, 2.05) is 13.1 Å². The summed E-state index contributed by atoms with van der Waals surface area (Å²) in [4.78, 5) is 9.54. The van der Waals surface area contributed by atoms with Crippen LogP contribution >= 0.6 is 0 Å². The summed E-state index contributed by atoms with van der Waals surface area (Å²) >= 11 is 0. The molecular formula is C21H37N5O. The zero-order chi connectivity index (χ0) is 19.1. The second-order valence-electron chi connectivity index (χ2n) is 8.20. The predicted molar refractivity (Wildman–Crippen MR) is 111 cm³/mol. The quantitative estimate of drug-likeness (QED) is 0.567. The lowest BCUT2D eigenvalue weighted by Gasteiger charge is -2.36. The van der Waals surface area contributed by atoms with Gasteiger partial charge in [-0.25, -0.2) is 0 Å². The van der Waals surface area contributed by atoms with E-state index in [1.54, 1.807) is 6.26 Å². The summed E-state index contributed by atoms with van der Waals surface area (Å²) in [6.07, 6.45) is 7.00. The number of piperidine rings is 1. The predicted octanol–water partition coefficient (Wildman–Crippen LogP) is 2.70. The van der Waals surface area contributed by atoms with Crippen molar-refractivity contribution in [2.24, 2.45) is 10.9 Å². The number of likely N-dealkylation sites (tertiary alicyclic amines) is 2. The Morgan fingerprint density at radius 2 is 1.93 bits per heavy atom. The van der Waals surface area contributed by atoms with Crippen molar-refractivity contribution < 1.29 is 4.42 Å². The Labute approximate surface area is 164 Å². The molecule has 2 aliphatic heterocycles. The molecule has 2 N–H and O–H groups in total. The van der Waals surface area contributed by atoms with Crippen molar-refractivity contribution >= 4 is 5.96 Å². The van der Waals surface area contributed by atoms with Crippen molar-refractivity contribution in [2.75, 3.05) is 46.3 Å². The van der Waals surface area contributed by atoms with Gasteiger partial charge in [0.05, 0.1) is 12.3 Å². The summed E-state index contributed by atoms with van der Waals surface area (Å²) in [5.41, 5.74) is 0. The van der Waals surface area contributed by atoms with Crippen molar-refractivity contribution in [2.45, 2.75) is 51.6 Å². The maximum atomic E-state index is 5.71. The third-order valence-electron chi connectivity index (χ3n) is 6.02. The lowest BCUT2D eigenvalue weighted by atomic mass is 9.99. The molecule has 0 amide bonds. The number of furan rings is 1. The van der Waals surface area contributed by atoms with E-state index in [0.717, 1.165) is 43.8 Å². The minimum Gasteiger partial charge on any atom is -0.468 e. The molecule has 3 unspecified atom stereocenters. The number of rotatable bonds is 7. The summed E-state index contributed by atoms with van der Waals surface area (Å²) in [6, 6.07) is 4.85. The van der Waals surface area contributed by atoms with Crippen LogP contribution < -0.4 is 10.6 Å². The van der Waals surface area contributed by atoms with Crippen molar-refractivity contribution in [1.82, 2.24) is 20.4 Å². The summed E-state index contributed by atoms with van der Waals surface area (Å²) in [5, 5.41) is 7.04. The van der Waals surface area contributed by atoms with Gasteiger partial charge in [-0.3, -0.25) is 14.8 Å². The summed E-state index contributed by atoms with van der Waals surface area (Å²) in [6.45, 7) is 11.1. The molecular weight excluding hydrogens is 338 g/mol. The average molecular weight is 376 g/mol. The fraction of sp³-hybridized carbons (Fsp3) is 0.762. The van der Waals surface area contributed by atoms with Gasteiger partial charge in [0.25, 0.3) is 0 Å². The van der Waals surface area contributed by atoms with Gasteiger partial charge in [0.2, 0.25) is 0 Å². The Morgan fingerprint density at radius 3 is 2.59 bits per heavy atom. The number of hydrogen-bond donors (Lipinski definition) is 2. The number of guanidine groups is 1. The van der Waals surface area contributed by atoms with Crippen LogP contribution in [-0.2, 0) is 0 Å². The zero-order valence-corrected chi connectivity index (χ0v) is 17.3. The third-order valence-corrected chi connectivity index (χ3v) is 6.02. The zero-order valence-electron chi connectivity index (χ0n) is 17.3. The molecule has 3 heterocycles. The van der Waals surface area contributed by atoms with Crippen LogP contribution in [0.3, 0.4) is 0 Å². The number of aliphatic imine (C=N–C) groups is 1. The Morgan fingerprint density at radius 1 is 1.19 bits per heavy atom. The molecule has 0 saturated carbocycles. The molecule has 0 bridgehead atoms. The van der Waals surface area contributed by atoms with E-state index in [9.17, 15) is 0 Å². The molecule has 6 nitrogen and oxygen atoms in total. The van der Waals surface area contributed by atoms with Gasteiger partial charge < -0.3 is 15.1 Å². The first-order valence-corrected chi connectivity index (χ1v) is 10.6. The highest BCUT2D eigenvalue weighted by atomic mass is 16.3. The van der Waals surface area contributed by atoms with Gasteiger partial charge in [0.15, 0.2) is 5.96 Å². The van der Waals surface area contributed by atoms with Gasteiger partial charge in [-0.05, 0) is 70.3 Å². The highest BCUT2D eigenvalue weighted by Gasteiger charge is 2.26. The monoisotopic (exact) mass is 375 g/mol. The molecule has 1 aromatic heterocycles. The van der Waals surface area contributed by atoms with Gasteiger partial charge in [-0.1, -0.05) is 6.92 Å². The van der Waals surface area contributed by atoms with Gasteiger partial charge in [0.1, 0.15) is 5.76 Å². The van der Waals surface area contributed by atoms with E-state index in [1.165, 1.54) is 38.8 Å². The summed E-state index contributed by atoms with van der Waals surface area (Å²) < 4.78 is 5.71. The molecule has 0 radical (unpaired) electrons. The second kappa shape index (κ2) is 10.1. The van der Waals surface area contributed by atoms with Crippen LogP contribution in [0, 0.1) is 5.92 Å². The summed E-state index contributed by atoms with van der Waals surface area (Å²) in [7, 11) is 1.85. The van der Waals surface area contributed by atoms with Gasteiger partial charge in [0, 0.05) is 32.7 Å². The topological polar surface area (TPSA) is 56.0 Å². The Balaban J connectivity index is 1.48. The third kappa shape index (κ3) is 5.72. The van der Waals surface area contributed by atoms with Crippen LogP contribution in [0.4, 0.5) is 0 Å². The molecule has 3 atom stereocenters. The Bertz CT molecular complexity index is 567. The molecule has 0 aliphatic carbocycles. The molecule has 2 saturated heterocycles. The molecule has 3 rings (SSSR count). The van der Waals surface area contributed by atoms with E-state index in [4.69, 9.17) is 4.42 Å². The molecule has 1 aromatic rings. The molecule has 152 valence electrons. The summed E-state index contributed by atoms with van der Waals surface area (Å²) in [5.74, 6) is 2.73. The molecule has 6 heteroatoms. The smallest absolute Gasteiger partial charge is 0.191 e. The molecule has 27 heavy (non-hydrogen) atoms. The number of nitrogens with zero attached hydrogens (tertiary/aromatic N) is 3. The van der Waals surface area contributed by atoms with Gasteiger partial charge in [-0.2, -0.15) is 0 Å². The maximum Gasteiger partial charge on any atom is 0.191 e. The minimum absolute atomic E-state index is 0.265. The fourth-order valence-corrected chi connectivity index (χ4v) is 4.36. The maximum absolute atomic E-state index is 5.71. The van der Waals surface area contributed by atoms with Crippen molar-refractivity contribution in [3.8, 4) is 0 Å². The first kappa shape index (κ1) is 20.2. The van der Waals surface area contributed by atoms with E-state index in [-0.39, 0.29) is 6.04 Å². The van der Waals surface area contributed by atoms with E-state index in [0.29, 0.717) is 6.04 Å². The van der Waals surface area contributed by atoms with Crippen molar-refractivity contribution in [1.29, 1.82) is 0 Å². The lowest BCUT2D eigenvalue weighted by Crippen LogP contribution is -2.49. The van der Waals surface area contributed by atoms with Crippen LogP contribution in [0.5, 0.6) is 0 Å². The highest BCUT2D eigenvalue weighted by molar-refractivity contribution is 5.79. The minimum atomic E-state index is 0.265.